The lowest BCUT2D eigenvalue weighted by Crippen LogP contribution is -2.59. The van der Waals surface area contributed by atoms with Crippen LogP contribution in [0.5, 0.6) is 0 Å². The molecule has 1 rings (SSSR count). The molecule has 0 aromatic heterocycles. The van der Waals surface area contributed by atoms with Crippen LogP contribution in [-0.2, 0) is 19.4 Å². The van der Waals surface area contributed by atoms with Crippen LogP contribution in [-0.4, -0.2) is 56.5 Å². The molecule has 1 unspecified atom stereocenters. The molecule has 1 heterocycles. The van der Waals surface area contributed by atoms with Gasteiger partial charge in [-0.15, -0.1) is 0 Å². The summed E-state index contributed by atoms with van der Waals surface area (Å²) in [5.41, 5.74) is -1.05. The average molecular weight is 247 g/mol. The Kier molecular flexibility index (Phi) is 5.30. The summed E-state index contributed by atoms with van der Waals surface area (Å²) in [4.78, 5) is 5.44. The maximum Gasteiger partial charge on any atom is 0.357 e. The first-order chi connectivity index (χ1) is 7.95. The lowest BCUT2D eigenvalue weighted by Gasteiger charge is -2.41. The van der Waals surface area contributed by atoms with Crippen molar-refractivity contribution in [1.82, 2.24) is 10.4 Å². The number of nitrogens with one attached hydrogen (secondary N) is 1. The maximum atomic E-state index is 12.5. The minimum Gasteiger partial charge on any atom is -0.367 e. The lowest BCUT2D eigenvalue weighted by atomic mass is 10.1. The highest BCUT2D eigenvalue weighted by atomic mass is 16.9. The van der Waals surface area contributed by atoms with E-state index in [-0.39, 0.29) is 0 Å². The molecule has 1 radical (unpaired) electrons. The Morgan fingerprint density at radius 1 is 1.29 bits per heavy atom. The molecule has 1 saturated heterocycles. The van der Waals surface area contributed by atoms with Crippen molar-refractivity contribution in [2.45, 2.75) is 32.3 Å². The van der Waals surface area contributed by atoms with Crippen molar-refractivity contribution in [3.05, 3.63) is 0 Å². The van der Waals surface area contributed by atoms with Gasteiger partial charge >= 0.3 is 5.97 Å². The summed E-state index contributed by atoms with van der Waals surface area (Å²) in [6, 6.07) is 0. The number of piperazine rings is 1. The van der Waals surface area contributed by atoms with E-state index in [0.717, 1.165) is 13.1 Å². The van der Waals surface area contributed by atoms with E-state index < -0.39 is 11.6 Å². The minimum atomic E-state index is -2.03. The first-order valence-electron chi connectivity index (χ1n) is 5.99. The zero-order valence-electron chi connectivity index (χ0n) is 11.1. The summed E-state index contributed by atoms with van der Waals surface area (Å²) in [6.45, 7) is 8.55. The van der Waals surface area contributed by atoms with Crippen LogP contribution in [0.2, 0.25) is 0 Å². The van der Waals surface area contributed by atoms with Crippen LogP contribution in [0.25, 0.3) is 0 Å². The number of hydrogen-bond acceptors (Lipinski definition) is 5. The van der Waals surface area contributed by atoms with Crippen LogP contribution in [0.4, 0.5) is 0 Å². The fraction of sp³-hybridized carbons (Fsp3) is 1.00. The molecule has 0 amide bonds. The number of methoxy groups -OCH3 is 1. The summed E-state index contributed by atoms with van der Waals surface area (Å²) in [7, 11) is 1.34. The van der Waals surface area contributed by atoms with Crippen molar-refractivity contribution in [3.63, 3.8) is 0 Å². The molecule has 1 atom stereocenters. The van der Waals surface area contributed by atoms with Gasteiger partial charge in [0.05, 0.1) is 0 Å². The van der Waals surface area contributed by atoms with E-state index in [1.54, 1.807) is 18.9 Å². The van der Waals surface area contributed by atoms with Gasteiger partial charge in [0.25, 0.3) is 0 Å². The van der Waals surface area contributed by atoms with E-state index in [1.807, 2.05) is 6.92 Å². The highest BCUT2D eigenvalue weighted by Crippen LogP contribution is 2.29. The molecule has 6 nitrogen and oxygen atoms in total. The second kappa shape index (κ2) is 6.08. The van der Waals surface area contributed by atoms with Crippen LogP contribution in [0.3, 0.4) is 0 Å². The van der Waals surface area contributed by atoms with E-state index in [9.17, 15) is 5.11 Å². The SMILES string of the molecule is CCOC(C)(C)C([O])(OC)ON1CCNCC1. The highest BCUT2D eigenvalue weighted by molar-refractivity contribution is 4.80. The molecule has 101 valence electrons. The fourth-order valence-electron chi connectivity index (χ4n) is 1.75. The van der Waals surface area contributed by atoms with E-state index in [1.165, 1.54) is 7.11 Å². The van der Waals surface area contributed by atoms with E-state index in [0.29, 0.717) is 19.7 Å². The minimum absolute atomic E-state index is 0.436. The van der Waals surface area contributed by atoms with Crippen LogP contribution < -0.4 is 5.32 Å². The number of hydrogen-bond donors (Lipinski definition) is 1. The van der Waals surface area contributed by atoms with Crippen LogP contribution in [0, 0.1) is 0 Å². The third-order valence-corrected chi connectivity index (χ3v) is 2.84. The molecule has 0 bridgehead atoms. The molecule has 0 aromatic carbocycles. The molecular weight excluding hydrogens is 224 g/mol. The van der Waals surface area contributed by atoms with Crippen molar-refractivity contribution in [3.8, 4) is 0 Å². The Balaban J connectivity index is 2.65. The molecule has 1 N–H and O–H groups in total. The van der Waals surface area contributed by atoms with Gasteiger partial charge in [0.2, 0.25) is 0 Å². The van der Waals surface area contributed by atoms with Gasteiger partial charge in [-0.3, -0.25) is 0 Å². The number of hydroxylamine groups is 2. The smallest absolute Gasteiger partial charge is 0.357 e. The Hall–Kier alpha value is -0.240. The van der Waals surface area contributed by atoms with Crippen molar-refractivity contribution in [2.75, 3.05) is 39.9 Å². The molecule has 1 fully saturated rings. The summed E-state index contributed by atoms with van der Waals surface area (Å²) >= 11 is 0. The number of rotatable bonds is 6. The summed E-state index contributed by atoms with van der Waals surface area (Å²) in [5, 5.41) is 17.3. The Morgan fingerprint density at radius 3 is 2.35 bits per heavy atom. The average Bonchev–Trinajstić information content (AvgIpc) is 2.30. The van der Waals surface area contributed by atoms with Crippen molar-refractivity contribution < 1.29 is 19.4 Å². The molecule has 0 saturated carbocycles. The highest BCUT2D eigenvalue weighted by Gasteiger charge is 2.50. The topological polar surface area (TPSA) is 62.9 Å². The first kappa shape index (κ1) is 14.8. The molecule has 0 spiro atoms. The quantitative estimate of drug-likeness (QED) is 0.687. The molecule has 17 heavy (non-hydrogen) atoms. The van der Waals surface area contributed by atoms with Crippen LogP contribution >= 0.6 is 0 Å². The van der Waals surface area contributed by atoms with E-state index in [2.05, 4.69) is 5.32 Å². The number of ether oxygens (including phenoxy) is 2. The van der Waals surface area contributed by atoms with Crippen LogP contribution in [0.15, 0.2) is 0 Å². The number of nitrogens with zero attached hydrogens (tertiary/aromatic N) is 1. The maximum absolute atomic E-state index is 12.5. The van der Waals surface area contributed by atoms with Crippen molar-refractivity contribution >= 4 is 0 Å². The fourth-order valence-corrected chi connectivity index (χ4v) is 1.75. The molecule has 0 aromatic rings. The largest absolute Gasteiger partial charge is 0.367 e. The normalized spacial score (nSPS) is 22.4. The van der Waals surface area contributed by atoms with E-state index in [4.69, 9.17) is 14.3 Å². The molecule has 1 aliphatic heterocycles. The Labute approximate surface area is 103 Å². The molecule has 6 heteroatoms. The third kappa shape index (κ3) is 3.61. The van der Waals surface area contributed by atoms with Crippen LogP contribution in [0.1, 0.15) is 20.8 Å². The van der Waals surface area contributed by atoms with Gasteiger partial charge < -0.3 is 14.8 Å². The molecule has 0 aliphatic carbocycles. The van der Waals surface area contributed by atoms with Gasteiger partial charge in [-0.2, -0.15) is 10.2 Å². The van der Waals surface area contributed by atoms with Gasteiger partial charge in [0, 0.05) is 39.9 Å². The molecule has 1 aliphatic rings. The molecular formula is C11H23N2O4. The standard InChI is InChI=1S/C11H23N2O4/c1-5-16-10(2,3)11(14,15-4)17-13-8-6-12-7-9-13/h12H,5-9H2,1-4H3. The van der Waals surface area contributed by atoms with E-state index >= 15 is 0 Å². The van der Waals surface area contributed by atoms with Gasteiger partial charge in [-0.05, 0) is 20.8 Å². The van der Waals surface area contributed by atoms with Gasteiger partial charge in [0.1, 0.15) is 5.60 Å². The zero-order valence-corrected chi connectivity index (χ0v) is 11.1. The van der Waals surface area contributed by atoms with Crippen molar-refractivity contribution in [2.24, 2.45) is 0 Å². The third-order valence-electron chi connectivity index (χ3n) is 2.84. The zero-order chi connectivity index (χ0) is 12.9. The first-order valence-corrected chi connectivity index (χ1v) is 5.99. The second-order valence-electron chi connectivity index (χ2n) is 4.47. The van der Waals surface area contributed by atoms with Gasteiger partial charge in [-0.1, -0.05) is 0 Å². The second-order valence-corrected chi connectivity index (χ2v) is 4.47. The Morgan fingerprint density at radius 2 is 1.88 bits per heavy atom. The lowest BCUT2D eigenvalue weighted by molar-refractivity contribution is -0.496. The summed E-state index contributed by atoms with van der Waals surface area (Å²) < 4.78 is 10.4. The van der Waals surface area contributed by atoms with Gasteiger partial charge in [0.15, 0.2) is 0 Å². The summed E-state index contributed by atoms with van der Waals surface area (Å²) in [5.74, 6) is -2.03. The monoisotopic (exact) mass is 247 g/mol. The van der Waals surface area contributed by atoms with Gasteiger partial charge in [-0.25, -0.2) is 4.84 Å². The van der Waals surface area contributed by atoms with Crippen molar-refractivity contribution in [1.29, 1.82) is 0 Å². The summed E-state index contributed by atoms with van der Waals surface area (Å²) in [6.07, 6.45) is 0. The predicted molar refractivity (Wildman–Crippen MR) is 61.7 cm³/mol. The Bertz CT molecular complexity index is 232. The predicted octanol–water partition coefficient (Wildman–Crippen LogP) is 0.369.